The number of halogens is 3. The molecule has 0 amide bonds. The first-order chi connectivity index (χ1) is 12.6. The molecule has 27 heavy (non-hydrogen) atoms. The highest BCUT2D eigenvalue weighted by molar-refractivity contribution is 6.47. The summed E-state index contributed by atoms with van der Waals surface area (Å²) in [5.41, 5.74) is -0.157. The van der Waals surface area contributed by atoms with Gasteiger partial charge >= 0.3 is 11.9 Å². The molecule has 0 saturated carbocycles. The van der Waals surface area contributed by atoms with Crippen molar-refractivity contribution in [3.63, 3.8) is 0 Å². The van der Waals surface area contributed by atoms with Gasteiger partial charge in [-0.3, -0.25) is 4.79 Å². The first-order valence-corrected chi connectivity index (χ1v) is 9.26. The fourth-order valence-electron chi connectivity index (χ4n) is 1.89. The molecule has 0 aliphatic carbocycles. The number of ether oxygens (including phenoxy) is 2. The molecule has 1 rings (SSSR count). The van der Waals surface area contributed by atoms with Gasteiger partial charge in [0.1, 0.15) is 11.1 Å². The van der Waals surface area contributed by atoms with Gasteiger partial charge in [0.05, 0.1) is 33.5 Å². The van der Waals surface area contributed by atoms with Crippen LogP contribution in [0.2, 0.25) is 15.1 Å². The number of ketones is 1. The van der Waals surface area contributed by atoms with E-state index in [0.717, 1.165) is 6.20 Å². The third kappa shape index (κ3) is 6.41. The van der Waals surface area contributed by atoms with Crippen molar-refractivity contribution in [3.8, 4) is 0 Å². The number of nitrogens with one attached hydrogen (secondary N) is 1. The van der Waals surface area contributed by atoms with Crippen LogP contribution in [0, 0.1) is 0 Å². The van der Waals surface area contributed by atoms with Crippen LogP contribution in [0.5, 0.6) is 0 Å². The van der Waals surface area contributed by atoms with Crippen molar-refractivity contribution in [2.75, 3.05) is 11.9 Å². The van der Waals surface area contributed by atoms with E-state index in [1.807, 2.05) is 6.92 Å². The van der Waals surface area contributed by atoms with Crippen LogP contribution in [0.25, 0.3) is 0 Å². The molecule has 0 aliphatic heterocycles. The number of esters is 2. The Morgan fingerprint density at radius 2 is 1.81 bits per heavy atom. The first kappa shape index (κ1) is 23.3. The number of hydrogen-bond donors (Lipinski definition) is 1. The third-order valence-electron chi connectivity index (χ3n) is 3.11. The Labute approximate surface area is 172 Å². The van der Waals surface area contributed by atoms with E-state index in [4.69, 9.17) is 44.3 Å². The number of hydrogen-bond acceptors (Lipinski definition) is 6. The minimum atomic E-state index is -0.788. The minimum Gasteiger partial charge on any atom is -0.462 e. The Balaban J connectivity index is 3.26. The van der Waals surface area contributed by atoms with E-state index in [-0.39, 0.29) is 38.5 Å². The minimum absolute atomic E-state index is 0.0505. The van der Waals surface area contributed by atoms with Crippen molar-refractivity contribution < 1.29 is 23.9 Å². The molecule has 0 fully saturated rings. The Morgan fingerprint density at radius 1 is 1.19 bits per heavy atom. The number of rotatable bonds is 8. The molecule has 0 spiro atoms. The van der Waals surface area contributed by atoms with Crippen LogP contribution in [0.15, 0.2) is 17.8 Å². The van der Waals surface area contributed by atoms with Crippen LogP contribution in [-0.4, -0.2) is 30.4 Å². The predicted octanol–water partition coefficient (Wildman–Crippen LogP) is 5.05. The van der Waals surface area contributed by atoms with Crippen molar-refractivity contribution in [3.05, 3.63) is 38.5 Å². The highest BCUT2D eigenvalue weighted by Crippen LogP contribution is 2.38. The Bertz CT molecular complexity index is 775. The molecule has 0 heterocycles. The summed E-state index contributed by atoms with van der Waals surface area (Å²) in [5, 5.41) is 2.65. The highest BCUT2D eigenvalue weighted by atomic mass is 35.5. The number of carbonyl (C=O) groups is 3. The average molecular weight is 437 g/mol. The quantitative estimate of drug-likeness (QED) is 0.202. The molecule has 1 aromatic carbocycles. The van der Waals surface area contributed by atoms with Crippen molar-refractivity contribution in [1.29, 1.82) is 0 Å². The zero-order valence-corrected chi connectivity index (χ0v) is 17.6. The van der Waals surface area contributed by atoms with Gasteiger partial charge in [-0.1, -0.05) is 41.7 Å². The van der Waals surface area contributed by atoms with Crippen LogP contribution in [0.4, 0.5) is 5.69 Å². The second-order valence-electron chi connectivity index (χ2n) is 5.76. The Morgan fingerprint density at radius 3 is 2.33 bits per heavy atom. The van der Waals surface area contributed by atoms with Gasteiger partial charge in [-0.15, -0.1) is 0 Å². The average Bonchev–Trinajstić information content (AvgIpc) is 2.56. The number of carbonyl (C=O) groups excluding carboxylic acids is 3. The van der Waals surface area contributed by atoms with Gasteiger partial charge in [-0.05, 0) is 33.3 Å². The van der Waals surface area contributed by atoms with Crippen LogP contribution in [-0.2, 0) is 19.1 Å². The van der Waals surface area contributed by atoms with Gasteiger partial charge in [0, 0.05) is 6.20 Å². The van der Waals surface area contributed by atoms with E-state index >= 15 is 0 Å². The molecular formula is C18H20Cl3NO5. The van der Waals surface area contributed by atoms with Crippen molar-refractivity contribution in [1.82, 2.24) is 0 Å². The van der Waals surface area contributed by atoms with Gasteiger partial charge in [0.2, 0.25) is 0 Å². The summed E-state index contributed by atoms with van der Waals surface area (Å²) < 4.78 is 10.1. The van der Waals surface area contributed by atoms with Crippen LogP contribution in [0.1, 0.15) is 44.5 Å². The maximum absolute atomic E-state index is 12.2. The Kier molecular flexibility index (Phi) is 9.09. The normalized spacial score (nSPS) is 11.3. The standard InChI is InChI=1S/C18H20Cl3NO5/c1-5-6-26-18(25)14-15(20)12(19)7-13(16(14)21)22-8-11(10(4)23)17(24)27-9(2)3/h7-9,22H,5-6H2,1-4H3. The molecule has 6 nitrogen and oxygen atoms in total. The van der Waals surface area contributed by atoms with E-state index in [0.29, 0.717) is 6.42 Å². The molecule has 0 unspecified atom stereocenters. The molecule has 0 aromatic heterocycles. The molecule has 0 aliphatic rings. The monoisotopic (exact) mass is 435 g/mol. The molecule has 9 heteroatoms. The van der Waals surface area contributed by atoms with Gasteiger partial charge < -0.3 is 14.8 Å². The second kappa shape index (κ2) is 10.5. The summed E-state index contributed by atoms with van der Waals surface area (Å²) in [5.74, 6) is -2.02. The molecule has 1 N–H and O–H groups in total. The van der Waals surface area contributed by atoms with Gasteiger partial charge in [-0.2, -0.15) is 0 Å². The highest BCUT2D eigenvalue weighted by Gasteiger charge is 2.23. The van der Waals surface area contributed by atoms with Crippen molar-refractivity contribution >= 4 is 58.2 Å². The van der Waals surface area contributed by atoms with E-state index in [1.165, 1.54) is 13.0 Å². The lowest BCUT2D eigenvalue weighted by atomic mass is 10.1. The largest absolute Gasteiger partial charge is 0.462 e. The van der Waals surface area contributed by atoms with E-state index < -0.39 is 23.8 Å². The molecular weight excluding hydrogens is 417 g/mol. The molecule has 0 bridgehead atoms. The maximum atomic E-state index is 12.2. The van der Waals surface area contributed by atoms with Crippen molar-refractivity contribution in [2.24, 2.45) is 0 Å². The van der Waals surface area contributed by atoms with E-state index in [1.54, 1.807) is 13.8 Å². The topological polar surface area (TPSA) is 81.7 Å². The summed E-state index contributed by atoms with van der Waals surface area (Å²) >= 11 is 18.4. The van der Waals surface area contributed by atoms with E-state index in [2.05, 4.69) is 5.32 Å². The van der Waals surface area contributed by atoms with Crippen LogP contribution >= 0.6 is 34.8 Å². The van der Waals surface area contributed by atoms with E-state index in [9.17, 15) is 14.4 Å². The fourth-order valence-corrected chi connectivity index (χ4v) is 2.65. The molecule has 0 radical (unpaired) electrons. The summed E-state index contributed by atoms with van der Waals surface area (Å²) in [6.45, 7) is 6.57. The predicted molar refractivity (Wildman–Crippen MR) is 106 cm³/mol. The zero-order chi connectivity index (χ0) is 20.7. The summed E-state index contributed by atoms with van der Waals surface area (Å²) in [6, 6.07) is 1.37. The van der Waals surface area contributed by atoms with Gasteiger partial charge in [-0.25, -0.2) is 9.59 Å². The molecule has 1 aromatic rings. The lowest BCUT2D eigenvalue weighted by molar-refractivity contribution is -0.143. The first-order valence-electron chi connectivity index (χ1n) is 8.13. The molecule has 0 atom stereocenters. The Hall–Kier alpha value is -1.76. The van der Waals surface area contributed by atoms with Crippen LogP contribution in [0.3, 0.4) is 0 Å². The fraction of sp³-hybridized carbons (Fsp3) is 0.389. The third-order valence-corrected chi connectivity index (χ3v) is 4.29. The summed E-state index contributed by atoms with van der Waals surface area (Å²) in [4.78, 5) is 35.9. The lowest BCUT2D eigenvalue weighted by Crippen LogP contribution is -2.18. The van der Waals surface area contributed by atoms with Crippen LogP contribution < -0.4 is 5.32 Å². The smallest absolute Gasteiger partial charge is 0.343 e. The van der Waals surface area contributed by atoms with Crippen molar-refractivity contribution in [2.45, 2.75) is 40.2 Å². The lowest BCUT2D eigenvalue weighted by Gasteiger charge is -2.14. The number of anilines is 1. The van der Waals surface area contributed by atoms with Gasteiger partial charge in [0.25, 0.3) is 0 Å². The zero-order valence-electron chi connectivity index (χ0n) is 15.3. The molecule has 148 valence electrons. The summed E-state index contributed by atoms with van der Waals surface area (Å²) in [7, 11) is 0. The SMILES string of the molecule is CCCOC(=O)c1c(Cl)c(Cl)cc(NC=C(C(C)=O)C(=O)OC(C)C)c1Cl. The number of benzene rings is 1. The molecule has 0 saturated heterocycles. The summed E-state index contributed by atoms with van der Waals surface area (Å²) in [6.07, 6.45) is 1.36. The maximum Gasteiger partial charge on any atom is 0.343 e. The van der Waals surface area contributed by atoms with Gasteiger partial charge in [0.15, 0.2) is 5.78 Å². The number of Topliss-reactive ketones (excluding diaryl/α,β-unsaturated/α-hetero) is 1. The second-order valence-corrected chi connectivity index (χ2v) is 6.92.